The zero-order valence-electron chi connectivity index (χ0n) is 14.7. The van der Waals surface area contributed by atoms with Crippen LogP contribution in [0.25, 0.3) is 0 Å². The zero-order chi connectivity index (χ0) is 18.9. The van der Waals surface area contributed by atoms with Crippen molar-refractivity contribution in [2.45, 2.75) is 6.54 Å². The lowest BCUT2D eigenvalue weighted by molar-refractivity contribution is -0.119. The molecule has 3 aromatic rings. The zero-order valence-corrected chi connectivity index (χ0v) is 14.7. The Hall–Kier alpha value is -3.58. The third kappa shape index (κ3) is 6.02. The van der Waals surface area contributed by atoms with Gasteiger partial charge in [-0.05, 0) is 48.0 Å². The number of halogens is 1. The summed E-state index contributed by atoms with van der Waals surface area (Å²) in [6.07, 6.45) is 0. The van der Waals surface area contributed by atoms with Crippen LogP contribution in [0.4, 0.5) is 10.1 Å². The summed E-state index contributed by atoms with van der Waals surface area (Å²) in [6.45, 7) is 0.514. The Bertz CT molecular complexity index is 957. The van der Waals surface area contributed by atoms with Crippen molar-refractivity contribution in [2.75, 3.05) is 11.9 Å². The molecule has 0 aliphatic carbocycles. The van der Waals surface area contributed by atoms with Crippen LogP contribution >= 0.6 is 0 Å². The molecule has 27 heavy (non-hydrogen) atoms. The van der Waals surface area contributed by atoms with Crippen LogP contribution in [0.3, 0.4) is 0 Å². The van der Waals surface area contributed by atoms with Gasteiger partial charge in [0, 0.05) is 23.4 Å². The van der Waals surface area contributed by atoms with Crippen molar-refractivity contribution >= 4 is 11.6 Å². The Kier molecular flexibility index (Phi) is 6.21. The molecular formula is C23H19FN2O. The normalized spacial score (nSPS) is 9.81. The highest BCUT2D eigenvalue weighted by molar-refractivity contribution is 5.80. The minimum absolute atomic E-state index is 0.139. The second-order valence-corrected chi connectivity index (χ2v) is 5.95. The van der Waals surface area contributed by atoms with Gasteiger partial charge in [0.15, 0.2) is 0 Å². The van der Waals surface area contributed by atoms with Gasteiger partial charge in [0.05, 0.1) is 6.54 Å². The van der Waals surface area contributed by atoms with E-state index < -0.39 is 0 Å². The fourth-order valence-electron chi connectivity index (χ4n) is 2.42. The van der Waals surface area contributed by atoms with Crippen molar-refractivity contribution in [3.63, 3.8) is 0 Å². The topological polar surface area (TPSA) is 41.1 Å². The van der Waals surface area contributed by atoms with Crippen molar-refractivity contribution in [2.24, 2.45) is 0 Å². The highest BCUT2D eigenvalue weighted by Gasteiger charge is 2.02. The summed E-state index contributed by atoms with van der Waals surface area (Å²) in [5.74, 6) is 5.80. The molecule has 0 spiro atoms. The van der Waals surface area contributed by atoms with Crippen LogP contribution in [0.1, 0.15) is 16.7 Å². The molecule has 0 heterocycles. The van der Waals surface area contributed by atoms with E-state index in [0.717, 1.165) is 22.4 Å². The molecule has 0 unspecified atom stereocenters. The van der Waals surface area contributed by atoms with Gasteiger partial charge in [0.25, 0.3) is 0 Å². The van der Waals surface area contributed by atoms with E-state index in [1.165, 1.54) is 12.1 Å². The third-order valence-corrected chi connectivity index (χ3v) is 3.84. The molecule has 0 aromatic heterocycles. The standard InChI is InChI=1S/C23H19FN2O/c24-21-13-11-20(12-14-21)16-26-23(27)17-25-22-8-4-7-19(15-22)10-9-18-5-2-1-3-6-18/h1-8,11-15,25H,16-17H2,(H,26,27). The van der Waals surface area contributed by atoms with Crippen LogP contribution in [0.15, 0.2) is 78.9 Å². The molecule has 0 atom stereocenters. The van der Waals surface area contributed by atoms with Gasteiger partial charge < -0.3 is 10.6 Å². The lowest BCUT2D eigenvalue weighted by Gasteiger charge is -2.08. The first-order valence-electron chi connectivity index (χ1n) is 8.61. The van der Waals surface area contributed by atoms with Crippen LogP contribution in [-0.2, 0) is 11.3 Å². The summed E-state index contributed by atoms with van der Waals surface area (Å²) >= 11 is 0. The molecule has 0 saturated carbocycles. The average molecular weight is 358 g/mol. The number of benzene rings is 3. The Morgan fingerprint density at radius 3 is 2.33 bits per heavy atom. The molecule has 0 bridgehead atoms. The van der Waals surface area contributed by atoms with E-state index in [-0.39, 0.29) is 18.3 Å². The van der Waals surface area contributed by atoms with E-state index in [2.05, 4.69) is 22.5 Å². The number of anilines is 1. The fraction of sp³-hybridized carbons (Fsp3) is 0.0870. The maximum atomic E-state index is 12.9. The van der Waals surface area contributed by atoms with Gasteiger partial charge in [-0.25, -0.2) is 4.39 Å². The van der Waals surface area contributed by atoms with Gasteiger partial charge in [-0.3, -0.25) is 4.79 Å². The molecule has 134 valence electrons. The summed E-state index contributed by atoms with van der Waals surface area (Å²) in [5, 5.41) is 5.89. The molecule has 3 rings (SSSR count). The first-order chi connectivity index (χ1) is 13.2. The Labute approximate surface area is 158 Å². The molecule has 0 saturated heterocycles. The van der Waals surface area contributed by atoms with Crippen molar-refractivity contribution in [1.82, 2.24) is 5.32 Å². The lowest BCUT2D eigenvalue weighted by Crippen LogP contribution is -2.29. The predicted octanol–water partition coefficient (Wildman–Crippen LogP) is 3.95. The van der Waals surface area contributed by atoms with Gasteiger partial charge >= 0.3 is 0 Å². The van der Waals surface area contributed by atoms with Gasteiger partial charge in [0.2, 0.25) is 5.91 Å². The highest BCUT2D eigenvalue weighted by atomic mass is 19.1. The number of rotatable bonds is 5. The van der Waals surface area contributed by atoms with Crippen LogP contribution < -0.4 is 10.6 Å². The van der Waals surface area contributed by atoms with Crippen molar-refractivity contribution in [3.05, 3.63) is 101 Å². The molecule has 0 aliphatic rings. The van der Waals surface area contributed by atoms with E-state index in [1.807, 2.05) is 54.6 Å². The second kappa shape index (κ2) is 9.21. The molecule has 0 radical (unpaired) electrons. The Balaban J connectivity index is 1.51. The quantitative estimate of drug-likeness (QED) is 0.678. The Morgan fingerprint density at radius 1 is 0.852 bits per heavy atom. The average Bonchev–Trinajstić information content (AvgIpc) is 2.71. The lowest BCUT2D eigenvalue weighted by atomic mass is 10.1. The third-order valence-electron chi connectivity index (χ3n) is 3.84. The van der Waals surface area contributed by atoms with E-state index in [4.69, 9.17) is 0 Å². The molecule has 2 N–H and O–H groups in total. The number of hydrogen-bond acceptors (Lipinski definition) is 2. The number of amides is 1. The molecule has 4 heteroatoms. The maximum Gasteiger partial charge on any atom is 0.239 e. The number of nitrogens with one attached hydrogen (secondary N) is 2. The van der Waals surface area contributed by atoms with Crippen LogP contribution in [-0.4, -0.2) is 12.5 Å². The largest absolute Gasteiger partial charge is 0.376 e. The number of carbonyl (C=O) groups is 1. The van der Waals surface area contributed by atoms with E-state index in [0.29, 0.717) is 6.54 Å². The molecule has 3 nitrogen and oxygen atoms in total. The van der Waals surface area contributed by atoms with Gasteiger partial charge in [0.1, 0.15) is 5.82 Å². The predicted molar refractivity (Wildman–Crippen MR) is 106 cm³/mol. The molecular weight excluding hydrogens is 339 g/mol. The molecule has 0 aliphatic heterocycles. The minimum Gasteiger partial charge on any atom is -0.376 e. The van der Waals surface area contributed by atoms with Crippen LogP contribution in [0.2, 0.25) is 0 Å². The number of hydrogen-bond donors (Lipinski definition) is 2. The van der Waals surface area contributed by atoms with E-state index >= 15 is 0 Å². The first-order valence-corrected chi connectivity index (χ1v) is 8.61. The monoisotopic (exact) mass is 358 g/mol. The summed E-state index contributed by atoms with van der Waals surface area (Å²) in [4.78, 5) is 12.0. The Morgan fingerprint density at radius 2 is 1.56 bits per heavy atom. The number of carbonyl (C=O) groups excluding carboxylic acids is 1. The van der Waals surface area contributed by atoms with Gasteiger partial charge in [-0.1, -0.05) is 48.2 Å². The van der Waals surface area contributed by atoms with Crippen molar-refractivity contribution < 1.29 is 9.18 Å². The molecule has 1 amide bonds. The fourth-order valence-corrected chi connectivity index (χ4v) is 2.42. The first kappa shape index (κ1) is 18.2. The minimum atomic E-state index is -0.290. The smallest absolute Gasteiger partial charge is 0.239 e. The second-order valence-electron chi connectivity index (χ2n) is 5.95. The molecule has 3 aromatic carbocycles. The SMILES string of the molecule is O=C(CNc1cccc(C#Cc2ccccc2)c1)NCc1ccc(F)cc1. The maximum absolute atomic E-state index is 12.9. The van der Waals surface area contributed by atoms with Crippen LogP contribution in [0, 0.1) is 17.7 Å². The van der Waals surface area contributed by atoms with Crippen molar-refractivity contribution in [3.8, 4) is 11.8 Å². The summed E-state index contributed by atoms with van der Waals surface area (Å²) < 4.78 is 12.9. The van der Waals surface area contributed by atoms with Gasteiger partial charge in [-0.2, -0.15) is 0 Å². The summed E-state index contributed by atoms with van der Waals surface area (Å²) in [7, 11) is 0. The molecule has 0 fully saturated rings. The highest BCUT2D eigenvalue weighted by Crippen LogP contribution is 2.10. The van der Waals surface area contributed by atoms with Crippen LogP contribution in [0.5, 0.6) is 0 Å². The summed E-state index contributed by atoms with van der Waals surface area (Å²) in [5.41, 5.74) is 3.50. The van der Waals surface area contributed by atoms with Gasteiger partial charge in [-0.15, -0.1) is 0 Å². The van der Waals surface area contributed by atoms with E-state index in [1.54, 1.807) is 12.1 Å². The van der Waals surface area contributed by atoms with Crippen molar-refractivity contribution in [1.29, 1.82) is 0 Å². The summed E-state index contributed by atoms with van der Waals surface area (Å²) in [6, 6.07) is 23.4. The van der Waals surface area contributed by atoms with E-state index in [9.17, 15) is 9.18 Å².